The first kappa shape index (κ1) is 31.8. The number of benzene rings is 6. The van der Waals surface area contributed by atoms with Crippen LogP contribution in [0, 0.1) is 0 Å². The van der Waals surface area contributed by atoms with Gasteiger partial charge in [-0.15, -0.1) is 11.3 Å². The van der Waals surface area contributed by atoms with Crippen LogP contribution in [0.4, 0.5) is 0 Å². The third-order valence-corrected chi connectivity index (χ3v) is 13.2. The van der Waals surface area contributed by atoms with Crippen LogP contribution in [0.3, 0.4) is 0 Å². The molecule has 1 unspecified atom stereocenters. The summed E-state index contributed by atoms with van der Waals surface area (Å²) in [5, 5.41) is 6.57. The van der Waals surface area contributed by atoms with Crippen LogP contribution in [0.1, 0.15) is 48.2 Å². The second kappa shape index (κ2) is 12.2. The van der Waals surface area contributed by atoms with Crippen molar-refractivity contribution in [2.24, 2.45) is 0 Å². The predicted octanol–water partition coefficient (Wildman–Crippen LogP) is 13.7. The first-order chi connectivity index (χ1) is 27.7. The zero-order chi connectivity index (χ0) is 36.9. The molecule has 0 saturated heterocycles. The summed E-state index contributed by atoms with van der Waals surface area (Å²) in [5.74, 6) is 1.13. The highest BCUT2D eigenvalue weighted by Crippen LogP contribution is 2.51. The quantitative estimate of drug-likeness (QED) is 0.180. The third kappa shape index (κ3) is 4.52. The molecule has 10 aromatic rings. The molecule has 56 heavy (non-hydrogen) atoms. The van der Waals surface area contributed by atoms with E-state index in [1.807, 2.05) is 11.3 Å². The van der Waals surface area contributed by atoms with Gasteiger partial charge in [0.05, 0.1) is 32.6 Å². The van der Waals surface area contributed by atoms with Gasteiger partial charge >= 0.3 is 0 Å². The minimum atomic E-state index is 0.364. The Morgan fingerprint density at radius 3 is 2.18 bits per heavy atom. The van der Waals surface area contributed by atoms with Crippen LogP contribution in [0.5, 0.6) is 0 Å². The number of rotatable bonds is 4. The summed E-state index contributed by atoms with van der Waals surface area (Å²) in [4.78, 5) is 10.5. The summed E-state index contributed by atoms with van der Waals surface area (Å²) in [7, 11) is 0. The zero-order valence-electron chi connectivity index (χ0n) is 30.9. The maximum atomic E-state index is 5.28. The van der Waals surface area contributed by atoms with E-state index in [1.54, 1.807) is 0 Å². The standard InChI is InChI=1S/C51H36N4S/c1-31-15-14-23-39-43(31)47(32-16-4-2-5-17-32)53-51(52-39)33-27-29-35(30-28-33)55-41-25-12-9-21-37(41)45-44-36-20-8-11-24-40(36)54(34-18-6-3-7-19-34)48(44)46-38-22-10-13-26-42(38)56-50(46)49(45)55/h2-11,13-14,16-24,26-31H,12,15,25H2,1H3. The Bertz CT molecular complexity index is 3270. The minimum Gasteiger partial charge on any atom is -0.312 e. The van der Waals surface area contributed by atoms with E-state index >= 15 is 0 Å². The van der Waals surface area contributed by atoms with Crippen molar-refractivity contribution in [3.63, 3.8) is 0 Å². The van der Waals surface area contributed by atoms with Crippen molar-refractivity contribution in [2.75, 3.05) is 0 Å². The molecule has 0 bridgehead atoms. The smallest absolute Gasteiger partial charge is 0.160 e. The van der Waals surface area contributed by atoms with Crippen molar-refractivity contribution in [1.82, 2.24) is 19.1 Å². The van der Waals surface area contributed by atoms with Gasteiger partial charge in [-0.2, -0.15) is 0 Å². The van der Waals surface area contributed by atoms with Gasteiger partial charge in [0.1, 0.15) is 0 Å². The average molecular weight is 737 g/mol. The van der Waals surface area contributed by atoms with E-state index in [2.05, 4.69) is 174 Å². The highest BCUT2D eigenvalue weighted by molar-refractivity contribution is 7.27. The van der Waals surface area contributed by atoms with Crippen LogP contribution in [0.2, 0.25) is 0 Å². The van der Waals surface area contributed by atoms with E-state index in [1.165, 1.54) is 75.4 Å². The number of hydrogen-bond donors (Lipinski definition) is 0. The Kier molecular flexibility index (Phi) is 6.93. The van der Waals surface area contributed by atoms with Gasteiger partial charge < -0.3 is 9.13 Å². The fourth-order valence-electron chi connectivity index (χ4n) is 9.57. The van der Waals surface area contributed by atoms with Crippen molar-refractivity contribution < 1.29 is 0 Å². The maximum Gasteiger partial charge on any atom is 0.160 e. The number of aromatic nitrogens is 4. The first-order valence-corrected chi connectivity index (χ1v) is 20.4. The normalized spacial score (nSPS) is 15.1. The minimum absolute atomic E-state index is 0.364. The average Bonchev–Trinajstić information content (AvgIpc) is 3.92. The van der Waals surface area contributed by atoms with Gasteiger partial charge in [-0.05, 0) is 79.8 Å². The number of allylic oxidation sites excluding steroid dienone is 2. The highest BCUT2D eigenvalue weighted by Gasteiger charge is 2.29. The van der Waals surface area contributed by atoms with Crippen LogP contribution >= 0.6 is 11.3 Å². The van der Waals surface area contributed by atoms with Gasteiger partial charge in [-0.3, -0.25) is 0 Å². The molecule has 4 heterocycles. The van der Waals surface area contributed by atoms with Gasteiger partial charge in [0.25, 0.3) is 0 Å². The van der Waals surface area contributed by atoms with Crippen LogP contribution in [0.25, 0.3) is 99.1 Å². The number of hydrogen-bond acceptors (Lipinski definition) is 3. The topological polar surface area (TPSA) is 35.6 Å². The predicted molar refractivity (Wildman–Crippen MR) is 236 cm³/mol. The molecule has 1 atom stereocenters. The van der Waals surface area contributed by atoms with Crippen LogP contribution in [0.15, 0.2) is 146 Å². The molecular formula is C51H36N4S. The van der Waals surface area contributed by atoms with Crippen molar-refractivity contribution in [3.8, 4) is 34.0 Å². The Morgan fingerprint density at radius 1 is 0.607 bits per heavy atom. The van der Waals surface area contributed by atoms with E-state index in [4.69, 9.17) is 9.97 Å². The largest absolute Gasteiger partial charge is 0.312 e. The SMILES string of the molecule is CC1CC=Cc2nc(-c3ccc(-n4c5c(c6c7c8ccccc8n(-c8ccccc8)c7c7c8ccccc8sc7c64)C=CCC5)cc3)nc(-c3ccccc3)c21. The van der Waals surface area contributed by atoms with Crippen molar-refractivity contribution >= 4 is 76.4 Å². The molecule has 0 aliphatic heterocycles. The van der Waals surface area contributed by atoms with E-state index in [0.29, 0.717) is 5.92 Å². The number of fused-ring (bicyclic) bond motifs is 13. The summed E-state index contributed by atoms with van der Waals surface area (Å²) in [5.41, 5.74) is 14.3. The van der Waals surface area contributed by atoms with Crippen LogP contribution < -0.4 is 0 Å². The third-order valence-electron chi connectivity index (χ3n) is 12.0. The fraction of sp³-hybridized carbons (Fsp3) is 0.0980. The van der Waals surface area contributed by atoms with E-state index in [0.717, 1.165) is 53.3 Å². The summed E-state index contributed by atoms with van der Waals surface area (Å²) in [6.07, 6.45) is 12.2. The zero-order valence-corrected chi connectivity index (χ0v) is 31.7. The molecule has 0 fully saturated rings. The fourth-order valence-corrected chi connectivity index (χ4v) is 10.8. The molecule has 0 amide bonds. The molecule has 266 valence electrons. The molecule has 0 radical (unpaired) electrons. The van der Waals surface area contributed by atoms with Gasteiger partial charge in [0.15, 0.2) is 5.82 Å². The van der Waals surface area contributed by atoms with Crippen molar-refractivity contribution in [3.05, 3.63) is 168 Å². The molecule has 0 saturated carbocycles. The second-order valence-corrected chi connectivity index (χ2v) is 16.3. The van der Waals surface area contributed by atoms with Gasteiger partial charge in [-0.1, -0.05) is 110 Å². The van der Waals surface area contributed by atoms with E-state index in [-0.39, 0.29) is 0 Å². The molecular weight excluding hydrogens is 701 g/mol. The molecule has 4 nitrogen and oxygen atoms in total. The molecule has 12 rings (SSSR count). The summed E-state index contributed by atoms with van der Waals surface area (Å²) < 4.78 is 7.72. The van der Waals surface area contributed by atoms with Crippen molar-refractivity contribution in [2.45, 2.75) is 32.1 Å². The van der Waals surface area contributed by atoms with Crippen LogP contribution in [-0.2, 0) is 6.42 Å². The summed E-state index contributed by atoms with van der Waals surface area (Å²) in [6.45, 7) is 2.28. The molecule has 6 aromatic carbocycles. The van der Waals surface area contributed by atoms with Gasteiger partial charge in [-0.25, -0.2) is 9.97 Å². The lowest BCUT2D eigenvalue weighted by Gasteiger charge is -2.21. The molecule has 0 N–H and O–H groups in total. The lowest BCUT2D eigenvalue weighted by Crippen LogP contribution is -2.08. The number of para-hydroxylation sites is 2. The molecule has 4 aromatic heterocycles. The Hall–Kier alpha value is -6.56. The molecule has 2 aliphatic carbocycles. The molecule has 2 aliphatic rings. The van der Waals surface area contributed by atoms with E-state index in [9.17, 15) is 0 Å². The van der Waals surface area contributed by atoms with Crippen molar-refractivity contribution in [1.29, 1.82) is 0 Å². The second-order valence-electron chi connectivity index (χ2n) is 15.2. The Balaban J connectivity index is 1.15. The first-order valence-electron chi connectivity index (χ1n) is 19.6. The van der Waals surface area contributed by atoms with Gasteiger partial charge in [0.2, 0.25) is 0 Å². The van der Waals surface area contributed by atoms with E-state index < -0.39 is 0 Å². The monoisotopic (exact) mass is 736 g/mol. The van der Waals surface area contributed by atoms with Crippen LogP contribution in [-0.4, -0.2) is 19.1 Å². The highest BCUT2D eigenvalue weighted by atomic mass is 32.1. The lowest BCUT2D eigenvalue weighted by atomic mass is 9.88. The lowest BCUT2D eigenvalue weighted by molar-refractivity contribution is 0.760. The molecule has 5 heteroatoms. The Morgan fingerprint density at radius 2 is 1.34 bits per heavy atom. The summed E-state index contributed by atoms with van der Waals surface area (Å²) >= 11 is 1.92. The maximum absolute atomic E-state index is 5.28. The Labute approximate surface area is 328 Å². The number of thiophene rings is 1. The number of nitrogens with zero attached hydrogens (tertiary/aromatic N) is 4. The van der Waals surface area contributed by atoms with Gasteiger partial charge in [0, 0.05) is 71.0 Å². The molecule has 0 spiro atoms. The summed E-state index contributed by atoms with van der Waals surface area (Å²) in [6, 6.07) is 48.4.